The summed E-state index contributed by atoms with van der Waals surface area (Å²) in [7, 11) is 1.73. The van der Waals surface area contributed by atoms with Crippen LogP contribution in [0.15, 0.2) is 42.5 Å². The Labute approximate surface area is 128 Å². The van der Waals surface area contributed by atoms with Gasteiger partial charge >= 0.3 is 0 Å². The summed E-state index contributed by atoms with van der Waals surface area (Å²) in [6.07, 6.45) is 0.967. The monoisotopic (exact) mass is 283 g/mol. The van der Waals surface area contributed by atoms with Crippen molar-refractivity contribution in [2.75, 3.05) is 7.11 Å². The molecule has 2 rings (SSSR count). The van der Waals surface area contributed by atoms with Crippen molar-refractivity contribution < 1.29 is 4.74 Å². The Morgan fingerprint density at radius 3 is 2.52 bits per heavy atom. The van der Waals surface area contributed by atoms with Gasteiger partial charge in [-0.25, -0.2) is 0 Å². The predicted molar refractivity (Wildman–Crippen MR) is 88.9 cm³/mol. The first-order chi connectivity index (χ1) is 10.1. The molecule has 0 aliphatic heterocycles. The first-order valence-electron chi connectivity index (χ1n) is 7.51. The van der Waals surface area contributed by atoms with Crippen molar-refractivity contribution in [2.45, 2.75) is 39.8 Å². The van der Waals surface area contributed by atoms with Gasteiger partial charge in [-0.1, -0.05) is 42.0 Å². The van der Waals surface area contributed by atoms with Crippen LogP contribution >= 0.6 is 0 Å². The number of para-hydroxylation sites is 1. The van der Waals surface area contributed by atoms with Crippen LogP contribution in [-0.2, 0) is 13.0 Å². The Morgan fingerprint density at radius 2 is 1.81 bits per heavy atom. The van der Waals surface area contributed by atoms with Gasteiger partial charge in [0.05, 0.1) is 7.11 Å². The molecular weight excluding hydrogens is 258 g/mol. The quantitative estimate of drug-likeness (QED) is 0.864. The minimum Gasteiger partial charge on any atom is -0.496 e. The topological polar surface area (TPSA) is 21.3 Å². The Hall–Kier alpha value is -1.80. The van der Waals surface area contributed by atoms with Gasteiger partial charge in [0, 0.05) is 12.6 Å². The van der Waals surface area contributed by atoms with Crippen LogP contribution in [0.25, 0.3) is 0 Å². The first-order valence-corrected chi connectivity index (χ1v) is 7.51. The Kier molecular flexibility index (Phi) is 5.40. The molecule has 0 heterocycles. The largest absolute Gasteiger partial charge is 0.496 e. The number of ether oxygens (including phenoxy) is 1. The number of nitrogens with one attached hydrogen (secondary N) is 1. The van der Waals surface area contributed by atoms with E-state index in [9.17, 15) is 0 Å². The van der Waals surface area contributed by atoms with Crippen molar-refractivity contribution in [1.29, 1.82) is 0 Å². The van der Waals surface area contributed by atoms with Gasteiger partial charge in [-0.15, -0.1) is 0 Å². The van der Waals surface area contributed by atoms with Crippen molar-refractivity contribution in [3.63, 3.8) is 0 Å². The molecule has 0 saturated carbocycles. The van der Waals surface area contributed by atoms with Gasteiger partial charge in [0.15, 0.2) is 0 Å². The fourth-order valence-corrected chi connectivity index (χ4v) is 2.60. The maximum Gasteiger partial charge on any atom is 0.122 e. The molecule has 0 spiro atoms. The van der Waals surface area contributed by atoms with E-state index in [-0.39, 0.29) is 0 Å². The van der Waals surface area contributed by atoms with Crippen LogP contribution in [-0.4, -0.2) is 13.2 Å². The molecule has 0 fully saturated rings. The van der Waals surface area contributed by atoms with Crippen LogP contribution in [0.2, 0.25) is 0 Å². The molecule has 2 heteroatoms. The van der Waals surface area contributed by atoms with Gasteiger partial charge in [0.2, 0.25) is 0 Å². The Morgan fingerprint density at radius 1 is 1.05 bits per heavy atom. The van der Waals surface area contributed by atoms with Gasteiger partial charge in [-0.2, -0.15) is 0 Å². The molecule has 21 heavy (non-hydrogen) atoms. The van der Waals surface area contributed by atoms with E-state index >= 15 is 0 Å². The standard InChI is InChI=1S/C19H25NO/c1-14-9-10-18(15(2)11-14)13-20-16(3)12-17-7-5-6-8-19(17)21-4/h5-11,16,20H,12-13H2,1-4H3. The summed E-state index contributed by atoms with van der Waals surface area (Å²) in [5.74, 6) is 0.970. The van der Waals surface area contributed by atoms with Crippen LogP contribution in [0.5, 0.6) is 5.75 Å². The van der Waals surface area contributed by atoms with Crippen molar-refractivity contribution in [3.05, 3.63) is 64.7 Å². The third kappa shape index (κ3) is 4.33. The maximum atomic E-state index is 5.41. The van der Waals surface area contributed by atoms with Crippen molar-refractivity contribution >= 4 is 0 Å². The molecule has 1 N–H and O–H groups in total. The highest BCUT2D eigenvalue weighted by Crippen LogP contribution is 2.19. The molecule has 2 nitrogen and oxygen atoms in total. The molecule has 2 aromatic carbocycles. The van der Waals surface area contributed by atoms with Gasteiger partial charge in [0.1, 0.15) is 5.75 Å². The Balaban J connectivity index is 1.94. The third-order valence-corrected chi connectivity index (χ3v) is 3.86. The van der Waals surface area contributed by atoms with E-state index in [1.54, 1.807) is 7.11 Å². The second-order valence-electron chi connectivity index (χ2n) is 5.73. The minimum absolute atomic E-state index is 0.405. The Bertz CT molecular complexity index is 592. The summed E-state index contributed by atoms with van der Waals surface area (Å²) in [4.78, 5) is 0. The van der Waals surface area contributed by atoms with E-state index in [1.807, 2.05) is 12.1 Å². The summed E-state index contributed by atoms with van der Waals surface area (Å²) in [6.45, 7) is 7.43. The molecule has 2 aromatic rings. The SMILES string of the molecule is COc1ccccc1CC(C)NCc1ccc(C)cc1C. The van der Waals surface area contributed by atoms with Crippen molar-refractivity contribution in [3.8, 4) is 5.75 Å². The zero-order valence-corrected chi connectivity index (χ0v) is 13.4. The lowest BCUT2D eigenvalue weighted by Crippen LogP contribution is -2.28. The molecule has 112 valence electrons. The highest BCUT2D eigenvalue weighted by atomic mass is 16.5. The molecular formula is C19H25NO. The summed E-state index contributed by atoms with van der Waals surface area (Å²) in [5, 5.41) is 3.60. The molecule has 0 aromatic heterocycles. The van der Waals surface area contributed by atoms with Crippen molar-refractivity contribution in [2.24, 2.45) is 0 Å². The average molecular weight is 283 g/mol. The van der Waals surface area contributed by atoms with Crippen LogP contribution in [0, 0.1) is 13.8 Å². The summed E-state index contributed by atoms with van der Waals surface area (Å²) >= 11 is 0. The fraction of sp³-hybridized carbons (Fsp3) is 0.368. The summed E-state index contributed by atoms with van der Waals surface area (Å²) < 4.78 is 5.41. The molecule has 0 aliphatic carbocycles. The van der Waals surface area contributed by atoms with Gasteiger partial charge in [-0.05, 0) is 49.9 Å². The van der Waals surface area contributed by atoms with Crippen LogP contribution in [0.3, 0.4) is 0 Å². The summed E-state index contributed by atoms with van der Waals surface area (Å²) in [6, 6.07) is 15.3. The normalized spacial score (nSPS) is 12.2. The zero-order valence-electron chi connectivity index (χ0n) is 13.4. The predicted octanol–water partition coefficient (Wildman–Crippen LogP) is 4.03. The summed E-state index contributed by atoms with van der Waals surface area (Å²) in [5.41, 5.74) is 5.29. The van der Waals surface area contributed by atoms with Crippen LogP contribution < -0.4 is 10.1 Å². The molecule has 0 saturated heterocycles. The lowest BCUT2D eigenvalue weighted by Gasteiger charge is -2.17. The number of aryl methyl sites for hydroxylation is 2. The number of rotatable bonds is 6. The molecule has 0 bridgehead atoms. The highest BCUT2D eigenvalue weighted by Gasteiger charge is 2.08. The molecule has 0 aliphatic rings. The van der Waals surface area contributed by atoms with Crippen LogP contribution in [0.4, 0.5) is 0 Å². The molecule has 1 unspecified atom stereocenters. The highest BCUT2D eigenvalue weighted by molar-refractivity contribution is 5.34. The third-order valence-electron chi connectivity index (χ3n) is 3.86. The van der Waals surface area contributed by atoms with E-state index in [1.165, 1.54) is 22.3 Å². The minimum atomic E-state index is 0.405. The molecule has 0 amide bonds. The molecule has 1 atom stereocenters. The maximum absolute atomic E-state index is 5.41. The number of hydrogen-bond donors (Lipinski definition) is 1. The number of benzene rings is 2. The molecule has 0 radical (unpaired) electrons. The van der Waals surface area contributed by atoms with E-state index < -0.39 is 0 Å². The van der Waals surface area contributed by atoms with E-state index in [0.29, 0.717) is 6.04 Å². The first kappa shape index (κ1) is 15.6. The fourth-order valence-electron chi connectivity index (χ4n) is 2.60. The number of methoxy groups -OCH3 is 1. The van der Waals surface area contributed by atoms with E-state index in [2.05, 4.69) is 56.4 Å². The van der Waals surface area contributed by atoms with E-state index in [0.717, 1.165) is 18.7 Å². The smallest absolute Gasteiger partial charge is 0.122 e. The van der Waals surface area contributed by atoms with Crippen LogP contribution in [0.1, 0.15) is 29.2 Å². The van der Waals surface area contributed by atoms with Gasteiger partial charge in [0.25, 0.3) is 0 Å². The van der Waals surface area contributed by atoms with Gasteiger partial charge in [-0.3, -0.25) is 0 Å². The van der Waals surface area contributed by atoms with Gasteiger partial charge < -0.3 is 10.1 Å². The lowest BCUT2D eigenvalue weighted by atomic mass is 10.0. The second-order valence-corrected chi connectivity index (χ2v) is 5.73. The number of hydrogen-bond acceptors (Lipinski definition) is 2. The van der Waals surface area contributed by atoms with E-state index in [4.69, 9.17) is 4.74 Å². The average Bonchev–Trinajstić information content (AvgIpc) is 2.47. The van der Waals surface area contributed by atoms with Crippen molar-refractivity contribution in [1.82, 2.24) is 5.32 Å². The zero-order chi connectivity index (χ0) is 15.2. The second kappa shape index (κ2) is 7.28. The lowest BCUT2D eigenvalue weighted by molar-refractivity contribution is 0.406.